The van der Waals surface area contributed by atoms with Gasteiger partial charge >= 0.3 is 0 Å². The standard InChI is InChI=1S/C16H20ClN3.2ClH/c17-16-12-19-9-6-15(16)13-20(11-8-18)10-7-14-4-2-1-3-5-14;;/h1-6,9,12H,7-8,10-11,13,18H2;2*1H. The highest BCUT2D eigenvalue weighted by atomic mass is 35.5. The third-order valence-corrected chi connectivity index (χ3v) is 3.60. The van der Waals surface area contributed by atoms with Crippen molar-refractivity contribution in [1.29, 1.82) is 0 Å². The van der Waals surface area contributed by atoms with Crippen molar-refractivity contribution in [3.63, 3.8) is 0 Å². The first-order valence-electron chi connectivity index (χ1n) is 6.84. The van der Waals surface area contributed by atoms with E-state index in [4.69, 9.17) is 17.3 Å². The molecule has 0 aliphatic rings. The summed E-state index contributed by atoms with van der Waals surface area (Å²) in [7, 11) is 0. The highest BCUT2D eigenvalue weighted by Gasteiger charge is 2.08. The summed E-state index contributed by atoms with van der Waals surface area (Å²) in [6.07, 6.45) is 4.48. The van der Waals surface area contributed by atoms with Crippen molar-refractivity contribution in [3.8, 4) is 0 Å². The van der Waals surface area contributed by atoms with Crippen molar-refractivity contribution in [3.05, 3.63) is 64.9 Å². The molecule has 0 saturated carbocycles. The van der Waals surface area contributed by atoms with Gasteiger partial charge < -0.3 is 5.73 Å². The molecule has 0 amide bonds. The van der Waals surface area contributed by atoms with Gasteiger partial charge in [-0.2, -0.15) is 0 Å². The first-order chi connectivity index (χ1) is 9.79. The lowest BCUT2D eigenvalue weighted by Crippen LogP contribution is -2.31. The SMILES string of the molecule is Cl.Cl.NCCN(CCc1ccccc1)Cc1ccncc1Cl. The zero-order valence-corrected chi connectivity index (χ0v) is 14.7. The molecular formula is C16H22Cl3N3. The van der Waals surface area contributed by atoms with Crippen LogP contribution in [0.3, 0.4) is 0 Å². The monoisotopic (exact) mass is 361 g/mol. The Bertz CT molecular complexity index is 523. The Morgan fingerprint density at radius 3 is 2.41 bits per heavy atom. The zero-order chi connectivity index (χ0) is 14.2. The average Bonchev–Trinajstić information content (AvgIpc) is 2.48. The predicted molar refractivity (Wildman–Crippen MR) is 98.2 cm³/mol. The minimum atomic E-state index is 0. The Kier molecular flexibility index (Phi) is 11.2. The van der Waals surface area contributed by atoms with E-state index in [1.54, 1.807) is 12.4 Å². The molecule has 0 aliphatic carbocycles. The van der Waals surface area contributed by atoms with E-state index in [0.717, 1.165) is 31.6 Å². The number of hydrogen-bond donors (Lipinski definition) is 1. The largest absolute Gasteiger partial charge is 0.329 e. The molecule has 0 aliphatic heterocycles. The molecule has 0 unspecified atom stereocenters. The van der Waals surface area contributed by atoms with Gasteiger partial charge in [0, 0.05) is 38.6 Å². The summed E-state index contributed by atoms with van der Waals surface area (Å²) in [6.45, 7) is 3.30. The number of aromatic nitrogens is 1. The lowest BCUT2D eigenvalue weighted by molar-refractivity contribution is 0.276. The number of rotatable bonds is 7. The summed E-state index contributed by atoms with van der Waals surface area (Å²) in [5.74, 6) is 0. The summed E-state index contributed by atoms with van der Waals surface area (Å²) in [4.78, 5) is 6.34. The highest BCUT2D eigenvalue weighted by Crippen LogP contribution is 2.15. The molecule has 3 nitrogen and oxygen atoms in total. The second-order valence-electron chi connectivity index (χ2n) is 4.77. The van der Waals surface area contributed by atoms with E-state index in [1.165, 1.54) is 5.56 Å². The summed E-state index contributed by atoms with van der Waals surface area (Å²) in [5.41, 5.74) is 8.15. The first-order valence-corrected chi connectivity index (χ1v) is 7.22. The fourth-order valence-electron chi connectivity index (χ4n) is 2.16. The van der Waals surface area contributed by atoms with Crippen LogP contribution in [0.2, 0.25) is 5.02 Å². The summed E-state index contributed by atoms with van der Waals surface area (Å²) in [5, 5.41) is 0.717. The van der Waals surface area contributed by atoms with Crippen LogP contribution in [0.25, 0.3) is 0 Å². The van der Waals surface area contributed by atoms with Crippen molar-refractivity contribution >= 4 is 36.4 Å². The maximum atomic E-state index is 6.17. The van der Waals surface area contributed by atoms with Crippen LogP contribution in [0.4, 0.5) is 0 Å². The normalized spacial score (nSPS) is 9.95. The smallest absolute Gasteiger partial charge is 0.0634 e. The molecule has 122 valence electrons. The maximum absolute atomic E-state index is 6.17. The molecule has 0 saturated heterocycles. The summed E-state index contributed by atoms with van der Waals surface area (Å²) >= 11 is 6.17. The van der Waals surface area contributed by atoms with Gasteiger partial charge in [-0.15, -0.1) is 24.8 Å². The van der Waals surface area contributed by atoms with Crippen molar-refractivity contribution < 1.29 is 0 Å². The second kappa shape index (κ2) is 11.7. The van der Waals surface area contributed by atoms with Crippen LogP contribution in [0.5, 0.6) is 0 Å². The Morgan fingerprint density at radius 1 is 1.05 bits per heavy atom. The van der Waals surface area contributed by atoms with Crippen molar-refractivity contribution in [2.24, 2.45) is 5.73 Å². The van der Waals surface area contributed by atoms with Gasteiger partial charge in [-0.1, -0.05) is 41.9 Å². The number of nitrogens with two attached hydrogens (primary N) is 1. The zero-order valence-electron chi connectivity index (χ0n) is 12.3. The van der Waals surface area contributed by atoms with Crippen LogP contribution in [0.1, 0.15) is 11.1 Å². The highest BCUT2D eigenvalue weighted by molar-refractivity contribution is 6.31. The van der Waals surface area contributed by atoms with Gasteiger partial charge in [0.2, 0.25) is 0 Å². The van der Waals surface area contributed by atoms with Crippen LogP contribution >= 0.6 is 36.4 Å². The fourth-order valence-corrected chi connectivity index (χ4v) is 2.34. The van der Waals surface area contributed by atoms with Gasteiger partial charge in [0.25, 0.3) is 0 Å². The molecule has 0 fully saturated rings. The van der Waals surface area contributed by atoms with Crippen LogP contribution in [-0.4, -0.2) is 29.5 Å². The molecular weight excluding hydrogens is 341 g/mol. The van der Waals surface area contributed by atoms with Gasteiger partial charge in [-0.3, -0.25) is 9.88 Å². The third kappa shape index (κ3) is 6.95. The predicted octanol–water partition coefficient (Wildman–Crippen LogP) is 3.58. The van der Waals surface area contributed by atoms with Gasteiger partial charge in [0.05, 0.1) is 5.02 Å². The number of pyridine rings is 1. The minimum Gasteiger partial charge on any atom is -0.329 e. The number of hydrogen-bond acceptors (Lipinski definition) is 3. The minimum absolute atomic E-state index is 0. The van der Waals surface area contributed by atoms with Gasteiger partial charge in [0.1, 0.15) is 0 Å². The Morgan fingerprint density at radius 2 is 1.77 bits per heavy atom. The summed E-state index contributed by atoms with van der Waals surface area (Å²) < 4.78 is 0. The molecule has 2 rings (SSSR count). The van der Waals surface area contributed by atoms with Gasteiger partial charge in [-0.25, -0.2) is 0 Å². The van der Waals surface area contributed by atoms with E-state index >= 15 is 0 Å². The maximum Gasteiger partial charge on any atom is 0.0634 e. The van der Waals surface area contributed by atoms with Crippen molar-refractivity contribution in [2.45, 2.75) is 13.0 Å². The molecule has 0 spiro atoms. The average molecular weight is 363 g/mol. The first kappa shape index (κ1) is 21.2. The molecule has 6 heteroatoms. The van der Waals surface area contributed by atoms with E-state index in [0.29, 0.717) is 11.6 Å². The lowest BCUT2D eigenvalue weighted by Gasteiger charge is -2.22. The summed E-state index contributed by atoms with van der Waals surface area (Å²) in [6, 6.07) is 12.5. The molecule has 0 bridgehead atoms. The molecule has 22 heavy (non-hydrogen) atoms. The molecule has 0 radical (unpaired) electrons. The second-order valence-corrected chi connectivity index (χ2v) is 5.17. The topological polar surface area (TPSA) is 42.1 Å². The van der Waals surface area contributed by atoms with E-state index in [-0.39, 0.29) is 24.8 Å². The number of benzene rings is 1. The molecule has 2 N–H and O–H groups in total. The van der Waals surface area contributed by atoms with Gasteiger partial charge in [0.15, 0.2) is 0 Å². The fraction of sp³-hybridized carbons (Fsp3) is 0.312. The Labute approximate surface area is 149 Å². The molecule has 1 aromatic heterocycles. The molecule has 2 aromatic rings. The van der Waals surface area contributed by atoms with Gasteiger partial charge in [-0.05, 0) is 23.6 Å². The molecule has 1 aromatic carbocycles. The van der Waals surface area contributed by atoms with Crippen LogP contribution in [0, 0.1) is 0 Å². The van der Waals surface area contributed by atoms with E-state index in [2.05, 4.69) is 34.1 Å². The third-order valence-electron chi connectivity index (χ3n) is 3.26. The number of halogens is 3. The Balaban J connectivity index is 0.00000220. The number of nitrogens with zero attached hydrogens (tertiary/aromatic N) is 2. The van der Waals surface area contributed by atoms with E-state index in [1.807, 2.05) is 12.1 Å². The Hall–Kier alpha value is -0.840. The lowest BCUT2D eigenvalue weighted by atomic mass is 10.1. The van der Waals surface area contributed by atoms with Crippen LogP contribution in [0.15, 0.2) is 48.8 Å². The van der Waals surface area contributed by atoms with Crippen molar-refractivity contribution in [1.82, 2.24) is 9.88 Å². The quantitative estimate of drug-likeness (QED) is 0.818. The molecule has 0 atom stereocenters. The van der Waals surface area contributed by atoms with Crippen molar-refractivity contribution in [2.75, 3.05) is 19.6 Å². The van der Waals surface area contributed by atoms with Crippen LogP contribution < -0.4 is 5.73 Å². The van der Waals surface area contributed by atoms with E-state index < -0.39 is 0 Å². The van der Waals surface area contributed by atoms with Crippen LogP contribution in [-0.2, 0) is 13.0 Å². The molecule has 1 heterocycles. The van der Waals surface area contributed by atoms with E-state index in [9.17, 15) is 0 Å².